The van der Waals surface area contributed by atoms with Crippen LogP contribution in [0.25, 0.3) is 10.9 Å². The van der Waals surface area contributed by atoms with E-state index in [1.807, 2.05) is 24.3 Å². The van der Waals surface area contributed by atoms with E-state index in [1.54, 1.807) is 7.11 Å². The first kappa shape index (κ1) is 9.42. The van der Waals surface area contributed by atoms with Crippen molar-refractivity contribution in [1.29, 1.82) is 0 Å². The van der Waals surface area contributed by atoms with Crippen LogP contribution in [0.3, 0.4) is 0 Å². The lowest BCUT2D eigenvalue weighted by Crippen LogP contribution is -2.11. The van der Waals surface area contributed by atoms with Gasteiger partial charge < -0.3 is 14.5 Å². The standard InChI is InChI=1S/C12H11NO3/c1-15-8-2-3-10-7(4-8)5-9(11-6-16-11)12(14)13-10/h2-5,11H,6H2,1H3,(H,13,14). The van der Waals surface area contributed by atoms with Crippen LogP contribution < -0.4 is 10.3 Å². The SMILES string of the molecule is COc1ccc2[nH]c(=O)c(C3CO3)cc2c1. The fraction of sp³-hybridized carbons (Fsp3) is 0.250. The lowest BCUT2D eigenvalue weighted by molar-refractivity contribution is 0.413. The van der Waals surface area contributed by atoms with Gasteiger partial charge in [0.15, 0.2) is 0 Å². The Morgan fingerprint density at radius 3 is 2.94 bits per heavy atom. The predicted molar refractivity (Wildman–Crippen MR) is 59.8 cm³/mol. The second-order valence-corrected chi connectivity index (χ2v) is 3.83. The average Bonchev–Trinajstić information content (AvgIpc) is 3.11. The van der Waals surface area contributed by atoms with Crippen LogP contribution >= 0.6 is 0 Å². The number of aromatic nitrogens is 1. The monoisotopic (exact) mass is 217 g/mol. The van der Waals surface area contributed by atoms with Crippen LogP contribution in [0, 0.1) is 0 Å². The summed E-state index contributed by atoms with van der Waals surface area (Å²) in [4.78, 5) is 14.5. The lowest BCUT2D eigenvalue weighted by Gasteiger charge is -2.03. The molecule has 1 N–H and O–H groups in total. The topological polar surface area (TPSA) is 54.6 Å². The maximum Gasteiger partial charge on any atom is 0.254 e. The number of ether oxygens (including phenoxy) is 2. The number of benzene rings is 1. The molecule has 1 aromatic carbocycles. The van der Waals surface area contributed by atoms with Gasteiger partial charge in [0, 0.05) is 16.5 Å². The van der Waals surface area contributed by atoms with Crippen molar-refractivity contribution in [3.63, 3.8) is 0 Å². The molecule has 1 fully saturated rings. The molecule has 82 valence electrons. The van der Waals surface area contributed by atoms with Crippen LogP contribution in [-0.4, -0.2) is 18.7 Å². The van der Waals surface area contributed by atoms with E-state index in [-0.39, 0.29) is 11.7 Å². The van der Waals surface area contributed by atoms with Gasteiger partial charge in [0.25, 0.3) is 5.56 Å². The average molecular weight is 217 g/mol. The fourth-order valence-electron chi connectivity index (χ4n) is 1.80. The zero-order valence-electron chi connectivity index (χ0n) is 8.82. The second kappa shape index (κ2) is 3.35. The number of H-pyrrole nitrogens is 1. The van der Waals surface area contributed by atoms with Gasteiger partial charge in [-0.25, -0.2) is 0 Å². The van der Waals surface area contributed by atoms with Crippen molar-refractivity contribution in [2.75, 3.05) is 13.7 Å². The van der Waals surface area contributed by atoms with E-state index in [0.29, 0.717) is 12.2 Å². The van der Waals surface area contributed by atoms with E-state index in [4.69, 9.17) is 9.47 Å². The molecular formula is C12H11NO3. The van der Waals surface area contributed by atoms with Crippen LogP contribution in [-0.2, 0) is 4.74 Å². The van der Waals surface area contributed by atoms with Crippen LogP contribution in [0.15, 0.2) is 29.1 Å². The van der Waals surface area contributed by atoms with Crippen molar-refractivity contribution >= 4 is 10.9 Å². The number of hydrogen-bond donors (Lipinski definition) is 1. The molecule has 4 heteroatoms. The van der Waals surface area contributed by atoms with Crippen LogP contribution in [0.2, 0.25) is 0 Å². The number of methoxy groups -OCH3 is 1. The smallest absolute Gasteiger partial charge is 0.254 e. The molecule has 0 aliphatic carbocycles. The summed E-state index contributed by atoms with van der Waals surface area (Å²) in [5.41, 5.74) is 1.44. The molecule has 0 saturated carbocycles. The third-order valence-corrected chi connectivity index (χ3v) is 2.76. The summed E-state index contributed by atoms with van der Waals surface area (Å²) in [6, 6.07) is 7.43. The molecule has 4 nitrogen and oxygen atoms in total. The van der Waals surface area contributed by atoms with Gasteiger partial charge in [0.2, 0.25) is 0 Å². The van der Waals surface area contributed by atoms with Gasteiger partial charge in [0.1, 0.15) is 11.9 Å². The molecule has 1 atom stereocenters. The molecule has 3 rings (SSSR count). The number of epoxide rings is 1. The minimum atomic E-state index is -0.0693. The summed E-state index contributed by atoms with van der Waals surface area (Å²) < 4.78 is 10.3. The molecule has 0 amide bonds. The zero-order valence-corrected chi connectivity index (χ0v) is 8.82. The van der Waals surface area contributed by atoms with Crippen molar-refractivity contribution in [2.45, 2.75) is 6.10 Å². The van der Waals surface area contributed by atoms with E-state index in [0.717, 1.165) is 16.7 Å². The Labute approximate surface area is 91.8 Å². The Hall–Kier alpha value is -1.81. The Balaban J connectivity index is 2.23. The van der Waals surface area contributed by atoms with Gasteiger partial charge in [-0.1, -0.05) is 0 Å². The maximum atomic E-state index is 11.7. The maximum absolute atomic E-state index is 11.7. The van der Waals surface area contributed by atoms with E-state index in [9.17, 15) is 4.79 Å². The fourth-order valence-corrected chi connectivity index (χ4v) is 1.80. The predicted octanol–water partition coefficient (Wildman–Crippen LogP) is 1.61. The molecule has 1 saturated heterocycles. The molecule has 2 heterocycles. The van der Waals surface area contributed by atoms with Crippen LogP contribution in [0.1, 0.15) is 11.7 Å². The first-order chi connectivity index (χ1) is 7.78. The van der Waals surface area contributed by atoms with Gasteiger partial charge in [-0.15, -0.1) is 0 Å². The highest BCUT2D eigenvalue weighted by atomic mass is 16.6. The minimum absolute atomic E-state index is 0.0284. The van der Waals surface area contributed by atoms with Crippen LogP contribution in [0.5, 0.6) is 5.75 Å². The third-order valence-electron chi connectivity index (χ3n) is 2.76. The number of nitrogens with one attached hydrogen (secondary N) is 1. The quantitative estimate of drug-likeness (QED) is 0.777. The number of fused-ring (bicyclic) bond motifs is 1. The van der Waals surface area contributed by atoms with Crippen molar-refractivity contribution in [3.8, 4) is 5.75 Å². The molecule has 1 aliphatic rings. The highest BCUT2D eigenvalue weighted by Gasteiger charge is 2.27. The Morgan fingerprint density at radius 1 is 1.44 bits per heavy atom. The zero-order chi connectivity index (χ0) is 11.1. The first-order valence-electron chi connectivity index (χ1n) is 5.10. The van der Waals surface area contributed by atoms with E-state index in [2.05, 4.69) is 4.98 Å². The van der Waals surface area contributed by atoms with Crippen molar-refractivity contribution < 1.29 is 9.47 Å². The largest absolute Gasteiger partial charge is 0.497 e. The van der Waals surface area contributed by atoms with Crippen molar-refractivity contribution in [3.05, 3.63) is 40.2 Å². The van der Waals surface area contributed by atoms with Gasteiger partial charge >= 0.3 is 0 Å². The summed E-state index contributed by atoms with van der Waals surface area (Å²) in [6.07, 6.45) is -0.0284. The molecule has 0 bridgehead atoms. The van der Waals surface area contributed by atoms with Gasteiger partial charge in [0.05, 0.1) is 13.7 Å². The molecule has 2 aromatic rings. The molecular weight excluding hydrogens is 206 g/mol. The summed E-state index contributed by atoms with van der Waals surface area (Å²) in [6.45, 7) is 0.637. The molecule has 0 spiro atoms. The normalized spacial score (nSPS) is 18.7. The van der Waals surface area contributed by atoms with Crippen LogP contribution in [0.4, 0.5) is 0 Å². The van der Waals surface area contributed by atoms with Gasteiger partial charge in [-0.2, -0.15) is 0 Å². The van der Waals surface area contributed by atoms with Gasteiger partial charge in [-0.3, -0.25) is 4.79 Å². The number of pyridine rings is 1. The Morgan fingerprint density at radius 2 is 2.25 bits per heavy atom. The minimum Gasteiger partial charge on any atom is -0.497 e. The molecule has 0 radical (unpaired) electrons. The summed E-state index contributed by atoms with van der Waals surface area (Å²) in [5.74, 6) is 0.780. The lowest BCUT2D eigenvalue weighted by atomic mass is 10.1. The summed E-state index contributed by atoms with van der Waals surface area (Å²) in [5, 5.41) is 0.962. The second-order valence-electron chi connectivity index (χ2n) is 3.83. The number of hydrogen-bond acceptors (Lipinski definition) is 3. The Kier molecular flexibility index (Phi) is 1.97. The van der Waals surface area contributed by atoms with E-state index < -0.39 is 0 Å². The Bertz CT molecular complexity index is 599. The van der Waals surface area contributed by atoms with Gasteiger partial charge in [-0.05, 0) is 24.3 Å². The van der Waals surface area contributed by atoms with Crippen molar-refractivity contribution in [1.82, 2.24) is 4.98 Å². The summed E-state index contributed by atoms with van der Waals surface area (Å²) in [7, 11) is 1.62. The first-order valence-corrected chi connectivity index (χ1v) is 5.10. The third kappa shape index (κ3) is 1.47. The molecule has 16 heavy (non-hydrogen) atoms. The molecule has 1 aliphatic heterocycles. The molecule has 1 unspecified atom stereocenters. The molecule has 1 aromatic heterocycles. The van der Waals surface area contributed by atoms with Crippen molar-refractivity contribution in [2.24, 2.45) is 0 Å². The number of aromatic amines is 1. The van der Waals surface area contributed by atoms with E-state index in [1.165, 1.54) is 0 Å². The highest BCUT2D eigenvalue weighted by Crippen LogP contribution is 2.29. The highest BCUT2D eigenvalue weighted by molar-refractivity contribution is 5.80. The number of rotatable bonds is 2. The summed E-state index contributed by atoms with van der Waals surface area (Å²) >= 11 is 0. The van der Waals surface area contributed by atoms with E-state index >= 15 is 0 Å².